The van der Waals surface area contributed by atoms with Crippen molar-refractivity contribution in [1.82, 2.24) is 0 Å². The van der Waals surface area contributed by atoms with E-state index in [0.29, 0.717) is 12.8 Å². The van der Waals surface area contributed by atoms with E-state index in [0.717, 1.165) is 161 Å². The number of carbonyl (C=O) groups is 3. The van der Waals surface area contributed by atoms with Gasteiger partial charge in [0.25, 0.3) is 0 Å². The molecule has 0 N–H and O–H groups in total. The average molecular weight is 1150 g/mol. The molecule has 0 amide bonds. The van der Waals surface area contributed by atoms with Gasteiger partial charge >= 0.3 is 17.9 Å². The van der Waals surface area contributed by atoms with Gasteiger partial charge in [0, 0.05) is 19.3 Å². The highest BCUT2D eigenvalue weighted by Gasteiger charge is 2.19. The van der Waals surface area contributed by atoms with Gasteiger partial charge in [-0.2, -0.15) is 0 Å². The third-order valence-corrected chi connectivity index (χ3v) is 14.0. The number of unbranched alkanes of at least 4 members (excludes halogenated alkanes) is 23. The van der Waals surface area contributed by atoms with E-state index in [1.54, 1.807) is 0 Å². The van der Waals surface area contributed by atoms with Crippen LogP contribution >= 0.6 is 0 Å². The van der Waals surface area contributed by atoms with Crippen LogP contribution in [0.4, 0.5) is 0 Å². The van der Waals surface area contributed by atoms with Crippen LogP contribution in [0.5, 0.6) is 0 Å². The Balaban J connectivity index is 4.39. The smallest absolute Gasteiger partial charge is 0.306 e. The summed E-state index contributed by atoms with van der Waals surface area (Å²) in [6, 6.07) is 0. The summed E-state index contributed by atoms with van der Waals surface area (Å²) in [7, 11) is 0. The topological polar surface area (TPSA) is 78.9 Å². The number of hydrogen-bond donors (Lipinski definition) is 0. The maximum absolute atomic E-state index is 12.9. The first-order valence-electron chi connectivity index (χ1n) is 34.0. The van der Waals surface area contributed by atoms with E-state index in [4.69, 9.17) is 14.2 Å². The van der Waals surface area contributed by atoms with Crippen LogP contribution in [-0.4, -0.2) is 37.2 Å². The summed E-state index contributed by atoms with van der Waals surface area (Å²) < 4.78 is 16.9. The molecule has 0 aliphatic heterocycles. The Bertz CT molecular complexity index is 1840. The number of esters is 3. The minimum atomic E-state index is -0.806. The van der Waals surface area contributed by atoms with E-state index in [-0.39, 0.29) is 37.5 Å². The highest BCUT2D eigenvalue weighted by atomic mass is 16.6. The van der Waals surface area contributed by atoms with Gasteiger partial charge in [0.2, 0.25) is 0 Å². The number of hydrogen-bond acceptors (Lipinski definition) is 6. The monoisotopic (exact) mass is 1140 g/mol. The molecule has 0 aromatic carbocycles. The van der Waals surface area contributed by atoms with E-state index >= 15 is 0 Å². The Kier molecular flexibility index (Phi) is 65.4. The molecule has 0 bridgehead atoms. The fourth-order valence-electron chi connectivity index (χ4n) is 8.97. The second-order valence-corrected chi connectivity index (χ2v) is 22.0. The van der Waals surface area contributed by atoms with Crippen molar-refractivity contribution in [2.24, 2.45) is 0 Å². The zero-order valence-corrected chi connectivity index (χ0v) is 53.7. The van der Waals surface area contributed by atoms with Crippen molar-refractivity contribution in [2.75, 3.05) is 13.2 Å². The standard InChI is InChI=1S/C77H124O6/c1-4-7-10-13-16-19-22-25-27-29-31-33-35-36-37-38-39-40-42-43-45-47-49-52-55-58-61-64-67-70-76(79)82-73-74(72-81-75(78)69-66-63-60-57-54-51-24-21-18-15-12-9-6-3)83-77(80)71-68-65-62-59-56-53-50-48-46-44-41-34-32-30-28-26-23-20-17-14-11-8-5-2/h7-8,10-11,16-17,19-21,24-28,31-34,36-37,39-40,44,46,50,53,74H,4-6,9,12-15,18,22-23,29-30,35,38,41-43,45,47-49,51-52,54-73H2,1-3H3/b10-7-,11-8-,19-16-,20-17-,24-21-,27-25-,28-26-,33-31-,34-32-,37-36-,40-39-,46-44-,53-50-. The second-order valence-electron chi connectivity index (χ2n) is 22.0. The van der Waals surface area contributed by atoms with Crippen molar-refractivity contribution in [1.29, 1.82) is 0 Å². The largest absolute Gasteiger partial charge is 0.462 e. The summed E-state index contributed by atoms with van der Waals surface area (Å²) in [6.45, 7) is 6.37. The molecule has 0 radical (unpaired) electrons. The summed E-state index contributed by atoms with van der Waals surface area (Å²) in [4.78, 5) is 38.4. The van der Waals surface area contributed by atoms with Crippen LogP contribution in [0.15, 0.2) is 158 Å². The molecule has 83 heavy (non-hydrogen) atoms. The van der Waals surface area contributed by atoms with Crippen LogP contribution < -0.4 is 0 Å². The van der Waals surface area contributed by atoms with Gasteiger partial charge in [-0.3, -0.25) is 14.4 Å². The van der Waals surface area contributed by atoms with Crippen molar-refractivity contribution in [3.8, 4) is 0 Å². The van der Waals surface area contributed by atoms with Crippen molar-refractivity contribution in [3.05, 3.63) is 158 Å². The third kappa shape index (κ3) is 67.7. The van der Waals surface area contributed by atoms with Crippen molar-refractivity contribution >= 4 is 17.9 Å². The molecule has 1 unspecified atom stereocenters. The Morgan fingerprint density at radius 1 is 0.253 bits per heavy atom. The molecule has 0 heterocycles. The predicted molar refractivity (Wildman–Crippen MR) is 362 cm³/mol. The highest BCUT2D eigenvalue weighted by molar-refractivity contribution is 5.71. The molecule has 0 aromatic rings. The lowest BCUT2D eigenvalue weighted by Crippen LogP contribution is -2.30. The Hall–Kier alpha value is -4.97. The summed E-state index contributed by atoms with van der Waals surface area (Å²) >= 11 is 0. The minimum Gasteiger partial charge on any atom is -0.462 e. The van der Waals surface area contributed by atoms with Gasteiger partial charge in [0.1, 0.15) is 13.2 Å². The molecule has 0 saturated heterocycles. The van der Waals surface area contributed by atoms with E-state index in [9.17, 15) is 14.4 Å². The molecule has 6 nitrogen and oxygen atoms in total. The highest BCUT2D eigenvalue weighted by Crippen LogP contribution is 2.15. The van der Waals surface area contributed by atoms with Crippen molar-refractivity contribution in [3.63, 3.8) is 0 Å². The van der Waals surface area contributed by atoms with Crippen LogP contribution in [0, 0.1) is 0 Å². The first kappa shape index (κ1) is 78.0. The predicted octanol–water partition coefficient (Wildman–Crippen LogP) is 23.7. The van der Waals surface area contributed by atoms with E-state index < -0.39 is 6.10 Å². The van der Waals surface area contributed by atoms with E-state index in [2.05, 4.69) is 179 Å². The third-order valence-electron chi connectivity index (χ3n) is 14.0. The van der Waals surface area contributed by atoms with Gasteiger partial charge in [-0.15, -0.1) is 0 Å². The molecule has 468 valence electrons. The van der Waals surface area contributed by atoms with Gasteiger partial charge in [-0.05, 0) is 148 Å². The number of ether oxygens (including phenoxy) is 3. The first-order valence-corrected chi connectivity index (χ1v) is 34.0. The van der Waals surface area contributed by atoms with Crippen LogP contribution in [0.2, 0.25) is 0 Å². The number of allylic oxidation sites excluding steroid dienone is 26. The van der Waals surface area contributed by atoms with Crippen LogP contribution in [0.1, 0.15) is 290 Å². The Morgan fingerprint density at radius 3 is 0.747 bits per heavy atom. The first-order chi connectivity index (χ1) is 41.0. The number of carbonyl (C=O) groups excluding carboxylic acids is 3. The maximum atomic E-state index is 12.9. The molecule has 0 aliphatic carbocycles. The summed E-state index contributed by atoms with van der Waals surface area (Å²) in [5.74, 6) is -0.936. The molecule has 0 rings (SSSR count). The van der Waals surface area contributed by atoms with Gasteiger partial charge in [-0.25, -0.2) is 0 Å². The second kappa shape index (κ2) is 69.5. The average Bonchev–Trinajstić information content (AvgIpc) is 3.49. The number of rotatable bonds is 60. The lowest BCUT2D eigenvalue weighted by molar-refractivity contribution is -0.167. The summed E-state index contributed by atoms with van der Waals surface area (Å²) in [5.41, 5.74) is 0. The van der Waals surface area contributed by atoms with Gasteiger partial charge in [0.05, 0.1) is 0 Å². The summed E-state index contributed by atoms with van der Waals surface area (Å²) in [6.07, 6.45) is 101. The zero-order chi connectivity index (χ0) is 59.9. The molecule has 0 saturated carbocycles. The van der Waals surface area contributed by atoms with Crippen LogP contribution in [-0.2, 0) is 28.6 Å². The normalized spacial score (nSPS) is 13.1. The van der Waals surface area contributed by atoms with Gasteiger partial charge in [0.15, 0.2) is 6.10 Å². The molecule has 0 aliphatic rings. The molecule has 0 spiro atoms. The molecular formula is C77H124O6. The SMILES string of the molecule is CC/C=C\C/C=C\C/C=C\C/C=C\C/C=C\C/C=C\CCCCCCCCCCCCC(=O)OCC(COC(=O)CCCCCCC/C=C\CCCCCC)OC(=O)CCCCCC/C=C\C/C=C\C/C=C\C/C=C\C/C=C\C/C=C\CC. The van der Waals surface area contributed by atoms with Crippen LogP contribution in [0.25, 0.3) is 0 Å². The van der Waals surface area contributed by atoms with Gasteiger partial charge in [-0.1, -0.05) is 281 Å². The van der Waals surface area contributed by atoms with Crippen molar-refractivity contribution < 1.29 is 28.6 Å². The molecule has 0 aromatic heterocycles. The molecule has 6 heteroatoms. The maximum Gasteiger partial charge on any atom is 0.306 e. The minimum absolute atomic E-state index is 0.0988. The molecule has 0 fully saturated rings. The zero-order valence-electron chi connectivity index (χ0n) is 53.7. The fourth-order valence-corrected chi connectivity index (χ4v) is 8.97. The van der Waals surface area contributed by atoms with Gasteiger partial charge < -0.3 is 14.2 Å². The van der Waals surface area contributed by atoms with Crippen LogP contribution in [0.3, 0.4) is 0 Å². The van der Waals surface area contributed by atoms with E-state index in [1.165, 1.54) is 89.9 Å². The van der Waals surface area contributed by atoms with Crippen molar-refractivity contribution in [2.45, 2.75) is 297 Å². The lowest BCUT2D eigenvalue weighted by Gasteiger charge is -2.18. The lowest BCUT2D eigenvalue weighted by atomic mass is 10.1. The Labute approximate surface area is 511 Å². The summed E-state index contributed by atoms with van der Waals surface area (Å²) in [5, 5.41) is 0. The quantitative estimate of drug-likeness (QED) is 0.0261. The molecule has 1 atom stereocenters. The van der Waals surface area contributed by atoms with E-state index in [1.807, 2.05) is 0 Å². The molecular weight excluding hydrogens is 1020 g/mol. The Morgan fingerprint density at radius 2 is 0.470 bits per heavy atom. The fraction of sp³-hybridized carbons (Fsp3) is 0.623.